The first-order valence-corrected chi connectivity index (χ1v) is 8.56. The summed E-state index contributed by atoms with van der Waals surface area (Å²) in [6.45, 7) is 2.27. The fourth-order valence-corrected chi connectivity index (χ4v) is 3.19. The monoisotopic (exact) mass is 356 g/mol. The molecule has 0 aliphatic carbocycles. The highest BCUT2D eigenvalue weighted by Gasteiger charge is 2.31. The summed E-state index contributed by atoms with van der Waals surface area (Å²) in [6.07, 6.45) is 2.91. The summed E-state index contributed by atoms with van der Waals surface area (Å²) < 4.78 is 17.1. The zero-order chi connectivity index (χ0) is 17.9. The molecule has 2 aliphatic rings. The van der Waals surface area contributed by atoms with Gasteiger partial charge in [0.05, 0.1) is 18.7 Å². The van der Waals surface area contributed by atoms with Crippen LogP contribution in [0.4, 0.5) is 5.82 Å². The summed E-state index contributed by atoms with van der Waals surface area (Å²) in [5, 5.41) is 3.02. The van der Waals surface area contributed by atoms with Gasteiger partial charge in [-0.15, -0.1) is 0 Å². The maximum absolute atomic E-state index is 13.1. The van der Waals surface area contributed by atoms with Gasteiger partial charge in [-0.05, 0) is 12.1 Å². The van der Waals surface area contributed by atoms with Crippen molar-refractivity contribution in [1.82, 2.24) is 14.9 Å². The van der Waals surface area contributed by atoms with E-state index in [1.807, 2.05) is 6.07 Å². The lowest BCUT2D eigenvalue weighted by Gasteiger charge is -2.33. The van der Waals surface area contributed by atoms with Gasteiger partial charge in [-0.2, -0.15) is 0 Å². The largest absolute Gasteiger partial charge is 0.486 e. The van der Waals surface area contributed by atoms with Crippen LogP contribution < -0.4 is 14.8 Å². The number of rotatable bonds is 3. The van der Waals surface area contributed by atoms with Crippen LogP contribution in [0, 0.1) is 0 Å². The molecule has 26 heavy (non-hydrogen) atoms. The molecule has 1 fully saturated rings. The molecule has 0 spiro atoms. The predicted octanol–water partition coefficient (Wildman–Crippen LogP) is 1.50. The molecule has 2 aromatic rings. The van der Waals surface area contributed by atoms with E-state index >= 15 is 0 Å². The number of morpholine rings is 1. The second-order valence-corrected chi connectivity index (χ2v) is 5.98. The molecule has 1 amide bonds. The minimum Gasteiger partial charge on any atom is -0.486 e. The van der Waals surface area contributed by atoms with Crippen LogP contribution in [0.3, 0.4) is 0 Å². The van der Waals surface area contributed by atoms with E-state index in [1.54, 1.807) is 36.5 Å². The summed E-state index contributed by atoms with van der Waals surface area (Å²) in [6, 6.07) is 5.38. The lowest BCUT2D eigenvalue weighted by atomic mass is 10.1. The number of para-hydroxylation sites is 1. The van der Waals surface area contributed by atoms with E-state index in [1.165, 1.54) is 0 Å². The molecule has 4 rings (SSSR count). The van der Waals surface area contributed by atoms with Gasteiger partial charge in [-0.25, -0.2) is 4.98 Å². The molecule has 0 bridgehead atoms. The van der Waals surface area contributed by atoms with Gasteiger partial charge >= 0.3 is 0 Å². The van der Waals surface area contributed by atoms with Crippen LogP contribution in [-0.4, -0.2) is 60.7 Å². The lowest BCUT2D eigenvalue weighted by molar-refractivity contribution is -0.0246. The molecule has 1 saturated heterocycles. The number of ether oxygens (including phenoxy) is 3. The number of hydrogen-bond donors (Lipinski definition) is 1. The summed E-state index contributed by atoms with van der Waals surface area (Å²) in [4.78, 5) is 23.5. The number of aromatic nitrogens is 2. The molecule has 8 nitrogen and oxygen atoms in total. The summed E-state index contributed by atoms with van der Waals surface area (Å²) in [5.41, 5.74) is 1.21. The molecule has 1 unspecified atom stereocenters. The predicted molar refractivity (Wildman–Crippen MR) is 93.6 cm³/mol. The quantitative estimate of drug-likeness (QED) is 0.892. The maximum atomic E-state index is 13.1. The van der Waals surface area contributed by atoms with Gasteiger partial charge in [0.25, 0.3) is 5.91 Å². The van der Waals surface area contributed by atoms with Crippen LogP contribution in [0.5, 0.6) is 11.5 Å². The number of nitrogens with one attached hydrogen (secondary N) is 1. The Kier molecular flexibility index (Phi) is 4.57. The molecular formula is C18H20N4O4. The zero-order valence-electron chi connectivity index (χ0n) is 14.5. The fraction of sp³-hybridized carbons (Fsp3) is 0.389. The Morgan fingerprint density at radius 2 is 2.04 bits per heavy atom. The topological polar surface area (TPSA) is 85.8 Å². The van der Waals surface area contributed by atoms with Crippen molar-refractivity contribution >= 4 is 11.7 Å². The highest BCUT2D eigenvalue weighted by molar-refractivity contribution is 5.98. The SMILES string of the molecule is CNc1nccnc1C1CN(C(=O)c2cccc3c2OCCO3)CCO1. The van der Waals surface area contributed by atoms with E-state index in [2.05, 4.69) is 15.3 Å². The molecule has 136 valence electrons. The number of nitrogens with zero attached hydrogens (tertiary/aromatic N) is 3. The Hall–Kier alpha value is -2.87. The number of carbonyl (C=O) groups excluding carboxylic acids is 1. The van der Waals surface area contributed by atoms with Crippen molar-refractivity contribution in [1.29, 1.82) is 0 Å². The third kappa shape index (κ3) is 3.03. The van der Waals surface area contributed by atoms with E-state index < -0.39 is 0 Å². The van der Waals surface area contributed by atoms with Gasteiger partial charge in [0.2, 0.25) is 0 Å². The fourth-order valence-electron chi connectivity index (χ4n) is 3.19. The van der Waals surface area contributed by atoms with Crippen molar-refractivity contribution in [2.75, 3.05) is 45.3 Å². The van der Waals surface area contributed by atoms with Gasteiger partial charge < -0.3 is 24.4 Å². The number of amides is 1. The normalized spacial score (nSPS) is 19.1. The Morgan fingerprint density at radius 3 is 2.92 bits per heavy atom. The Morgan fingerprint density at radius 1 is 1.19 bits per heavy atom. The average molecular weight is 356 g/mol. The first-order valence-electron chi connectivity index (χ1n) is 8.56. The van der Waals surface area contributed by atoms with Crippen molar-refractivity contribution in [3.63, 3.8) is 0 Å². The maximum Gasteiger partial charge on any atom is 0.257 e. The first kappa shape index (κ1) is 16.6. The molecule has 3 heterocycles. The van der Waals surface area contributed by atoms with E-state index in [4.69, 9.17) is 14.2 Å². The van der Waals surface area contributed by atoms with E-state index in [0.29, 0.717) is 61.5 Å². The average Bonchev–Trinajstić information content (AvgIpc) is 2.73. The standard InChI is InChI=1S/C18H20N4O4/c1-19-17-15(20-5-6-21-17)14-11-22(7-8-24-14)18(23)12-3-2-4-13-16(12)26-10-9-25-13/h2-6,14H,7-11H2,1H3,(H,19,21). The van der Waals surface area contributed by atoms with Gasteiger partial charge in [-0.3, -0.25) is 9.78 Å². The van der Waals surface area contributed by atoms with Crippen LogP contribution in [0.25, 0.3) is 0 Å². The summed E-state index contributed by atoms with van der Waals surface area (Å²) in [5.74, 6) is 1.68. The minimum atomic E-state index is -0.333. The lowest BCUT2D eigenvalue weighted by Crippen LogP contribution is -2.42. The number of hydrogen-bond acceptors (Lipinski definition) is 7. The van der Waals surface area contributed by atoms with Crippen LogP contribution in [0.1, 0.15) is 22.2 Å². The van der Waals surface area contributed by atoms with Crippen molar-refractivity contribution in [2.24, 2.45) is 0 Å². The van der Waals surface area contributed by atoms with Crippen LogP contribution >= 0.6 is 0 Å². The third-order valence-corrected chi connectivity index (χ3v) is 4.42. The Balaban J connectivity index is 1.58. The second-order valence-electron chi connectivity index (χ2n) is 5.98. The number of carbonyl (C=O) groups is 1. The molecule has 8 heteroatoms. The smallest absolute Gasteiger partial charge is 0.257 e. The van der Waals surface area contributed by atoms with Crippen molar-refractivity contribution in [3.8, 4) is 11.5 Å². The minimum absolute atomic E-state index is 0.101. The van der Waals surface area contributed by atoms with Gasteiger partial charge in [-0.1, -0.05) is 6.07 Å². The van der Waals surface area contributed by atoms with Crippen LogP contribution in [-0.2, 0) is 4.74 Å². The van der Waals surface area contributed by atoms with E-state index in [0.717, 1.165) is 0 Å². The highest BCUT2D eigenvalue weighted by Crippen LogP contribution is 2.35. The molecule has 1 atom stereocenters. The van der Waals surface area contributed by atoms with Gasteiger partial charge in [0.15, 0.2) is 11.5 Å². The molecule has 2 aliphatic heterocycles. The van der Waals surface area contributed by atoms with E-state index in [9.17, 15) is 4.79 Å². The van der Waals surface area contributed by atoms with Crippen molar-refractivity contribution < 1.29 is 19.0 Å². The summed E-state index contributed by atoms with van der Waals surface area (Å²) >= 11 is 0. The summed E-state index contributed by atoms with van der Waals surface area (Å²) in [7, 11) is 1.78. The molecule has 0 saturated carbocycles. The van der Waals surface area contributed by atoms with Crippen molar-refractivity contribution in [3.05, 3.63) is 41.9 Å². The third-order valence-electron chi connectivity index (χ3n) is 4.42. The number of anilines is 1. The molecule has 1 N–H and O–H groups in total. The Bertz CT molecular complexity index is 814. The molecule has 1 aromatic heterocycles. The Labute approximate surface area is 151 Å². The number of fused-ring (bicyclic) bond motifs is 1. The number of benzene rings is 1. The van der Waals surface area contributed by atoms with E-state index in [-0.39, 0.29) is 12.0 Å². The zero-order valence-corrected chi connectivity index (χ0v) is 14.5. The highest BCUT2D eigenvalue weighted by atomic mass is 16.6. The van der Waals surface area contributed by atoms with Crippen molar-refractivity contribution in [2.45, 2.75) is 6.10 Å². The molecule has 1 aromatic carbocycles. The molecular weight excluding hydrogens is 336 g/mol. The molecule has 0 radical (unpaired) electrons. The van der Waals surface area contributed by atoms with Gasteiger partial charge in [0.1, 0.15) is 30.8 Å². The van der Waals surface area contributed by atoms with Crippen LogP contribution in [0.2, 0.25) is 0 Å². The second kappa shape index (κ2) is 7.17. The first-order chi connectivity index (χ1) is 12.8. The van der Waals surface area contributed by atoms with Gasteiger partial charge in [0, 0.05) is 26.0 Å². The van der Waals surface area contributed by atoms with Crippen LogP contribution in [0.15, 0.2) is 30.6 Å².